The first-order valence-electron chi connectivity index (χ1n) is 23.1. The van der Waals surface area contributed by atoms with Gasteiger partial charge in [-0.2, -0.15) is 12.1 Å². The van der Waals surface area contributed by atoms with Crippen molar-refractivity contribution in [3.05, 3.63) is 157 Å². The quantitative estimate of drug-likeness (QED) is 0.0947. The van der Waals surface area contributed by atoms with Gasteiger partial charge in [0, 0.05) is 0 Å². The number of benzene rings is 6. The Morgan fingerprint density at radius 2 is 0.790 bits per heavy atom. The van der Waals surface area contributed by atoms with Crippen molar-refractivity contribution in [1.82, 2.24) is 0 Å². The van der Waals surface area contributed by atoms with Crippen molar-refractivity contribution in [2.45, 2.75) is 117 Å². The molecule has 0 aromatic heterocycles. The van der Waals surface area contributed by atoms with E-state index in [-0.39, 0.29) is 30.2 Å². The van der Waals surface area contributed by atoms with Crippen molar-refractivity contribution < 1.29 is 48.1 Å². The Bertz CT molecular complexity index is 2510. The van der Waals surface area contributed by atoms with Crippen molar-refractivity contribution in [2.24, 2.45) is 10.8 Å². The third-order valence-corrected chi connectivity index (χ3v) is 13.8. The van der Waals surface area contributed by atoms with Crippen LogP contribution in [0.2, 0.25) is 13.1 Å². The van der Waals surface area contributed by atoms with Gasteiger partial charge in [-0.25, -0.2) is 0 Å². The summed E-state index contributed by atoms with van der Waals surface area (Å²) >= 11 is 1.74. The molecular weight excluding hydrogens is 887 g/mol. The number of fused-ring (bicyclic) bond motifs is 4. The summed E-state index contributed by atoms with van der Waals surface area (Å²) in [6, 6.07) is 54.3. The van der Waals surface area contributed by atoms with E-state index >= 15 is 0 Å². The molecule has 2 aliphatic carbocycles. The SMILES string of the molecule is CCCC1(Cc2cc3c(-c4cccc5ccccc45)cccc3[cH-]2)CCCC1.CCCC1(Cc2cc3c(-c4cccc5ccccc45)cccc3[cH-]2)CCCC1.C[Si](C)=[Zr+2].[Cl-].[Cl-]. The van der Waals surface area contributed by atoms with Crippen LogP contribution in [0.25, 0.3) is 65.3 Å². The first kappa shape index (κ1) is 48.2. The van der Waals surface area contributed by atoms with Gasteiger partial charge >= 0.3 is 41.9 Å². The zero-order chi connectivity index (χ0) is 41.5. The molecular formula is C58H64Cl2SiZr-2. The Hall–Kier alpha value is -3.26. The van der Waals surface area contributed by atoms with E-state index in [2.05, 4.69) is 173 Å². The third kappa shape index (κ3) is 11.0. The number of rotatable bonds is 10. The normalized spacial score (nSPS) is 15.1. The number of hydrogen-bond acceptors (Lipinski definition) is 0. The summed E-state index contributed by atoms with van der Waals surface area (Å²) in [7, 11) is 0. The van der Waals surface area contributed by atoms with Crippen LogP contribution < -0.4 is 24.8 Å². The zero-order valence-corrected chi connectivity index (χ0v) is 42.5. The molecule has 8 aromatic rings. The van der Waals surface area contributed by atoms with E-state index in [9.17, 15) is 0 Å². The average molecular weight is 951 g/mol. The van der Waals surface area contributed by atoms with Crippen molar-refractivity contribution in [3.8, 4) is 22.3 Å². The molecule has 10 rings (SSSR count). The summed E-state index contributed by atoms with van der Waals surface area (Å²) in [6.45, 7) is 9.31. The summed E-state index contributed by atoms with van der Waals surface area (Å²) in [4.78, 5) is 0. The van der Waals surface area contributed by atoms with Crippen molar-refractivity contribution in [2.75, 3.05) is 0 Å². The van der Waals surface area contributed by atoms with Crippen LogP contribution in [0.4, 0.5) is 0 Å². The molecule has 2 aliphatic rings. The molecule has 0 heterocycles. The van der Waals surface area contributed by atoms with Crippen LogP contribution in [0.1, 0.15) is 102 Å². The Kier molecular flexibility index (Phi) is 17.2. The smallest absolute Gasteiger partial charge is 1.00 e. The molecule has 0 nitrogen and oxygen atoms in total. The second-order valence-electron chi connectivity index (χ2n) is 18.7. The van der Waals surface area contributed by atoms with Crippen LogP contribution in [0.15, 0.2) is 146 Å². The van der Waals surface area contributed by atoms with Crippen molar-refractivity contribution in [1.29, 1.82) is 0 Å². The molecule has 2 saturated carbocycles. The fourth-order valence-electron chi connectivity index (χ4n) is 11.4. The molecule has 0 bridgehead atoms. The molecule has 0 radical (unpaired) electrons. The molecule has 320 valence electrons. The maximum atomic E-state index is 2.49. The minimum absolute atomic E-state index is 0. The first-order valence-corrected chi connectivity index (χ1v) is 29.3. The average Bonchev–Trinajstić information content (AvgIpc) is 4.08. The summed E-state index contributed by atoms with van der Waals surface area (Å²) in [5.74, 6) is 0. The number of hydrogen-bond donors (Lipinski definition) is 0. The van der Waals surface area contributed by atoms with Gasteiger partial charge in [-0.1, -0.05) is 161 Å². The maximum Gasteiger partial charge on any atom is -1.00 e. The first-order chi connectivity index (χ1) is 29.3. The standard InChI is InChI=1S/2C28H29.C2H6Si.2ClH.Zr/c2*1-2-15-28(16-5-6-17-28)20-21-18-23-11-8-14-26(27(23)19-21)25-13-7-10-22-9-3-4-12-24(22)25;1-3-2;;;/h2*3-4,7-14,18-19H,2,5-6,15-17,20H2,1H3;1-2H3;2*1H;/q2*-1;;;;+2/p-2. The van der Waals surface area contributed by atoms with Gasteiger partial charge in [0.1, 0.15) is 0 Å². The molecule has 0 amide bonds. The van der Waals surface area contributed by atoms with E-state index in [0.29, 0.717) is 10.8 Å². The minimum atomic E-state index is 0. The van der Waals surface area contributed by atoms with Gasteiger partial charge in [-0.05, 0) is 94.9 Å². The fraction of sp³-hybridized carbons (Fsp3) is 0.345. The van der Waals surface area contributed by atoms with E-state index in [0.717, 1.165) is 0 Å². The second-order valence-corrected chi connectivity index (χ2v) is 28.0. The van der Waals surface area contributed by atoms with Gasteiger partial charge < -0.3 is 24.8 Å². The monoisotopic (exact) mass is 948 g/mol. The Morgan fingerprint density at radius 3 is 1.16 bits per heavy atom. The van der Waals surface area contributed by atoms with Gasteiger partial charge in [0.2, 0.25) is 0 Å². The van der Waals surface area contributed by atoms with E-state index in [1.807, 2.05) is 0 Å². The summed E-state index contributed by atoms with van der Waals surface area (Å²) in [6.07, 6.45) is 19.2. The molecule has 0 aliphatic heterocycles. The third-order valence-electron chi connectivity index (χ3n) is 13.8. The Balaban J connectivity index is 0.000000185. The predicted molar refractivity (Wildman–Crippen MR) is 261 cm³/mol. The summed E-state index contributed by atoms with van der Waals surface area (Å²) in [5.41, 5.74) is 9.85. The van der Waals surface area contributed by atoms with Gasteiger partial charge in [0.15, 0.2) is 0 Å². The van der Waals surface area contributed by atoms with Crippen LogP contribution in [0.5, 0.6) is 0 Å². The van der Waals surface area contributed by atoms with Crippen LogP contribution in [0.3, 0.4) is 0 Å². The molecule has 4 heteroatoms. The largest absolute Gasteiger partial charge is 1.00 e. The van der Waals surface area contributed by atoms with Gasteiger partial charge in [0.05, 0.1) is 0 Å². The van der Waals surface area contributed by atoms with Crippen LogP contribution in [-0.2, 0) is 36.2 Å². The molecule has 2 fully saturated rings. The molecule has 0 unspecified atom stereocenters. The minimum Gasteiger partial charge on any atom is -1.00 e. The van der Waals surface area contributed by atoms with Gasteiger partial charge in [0.25, 0.3) is 0 Å². The van der Waals surface area contributed by atoms with E-state index in [1.54, 1.807) is 23.3 Å². The van der Waals surface area contributed by atoms with Crippen molar-refractivity contribution in [3.63, 3.8) is 0 Å². The molecule has 62 heavy (non-hydrogen) atoms. The Labute approximate surface area is 400 Å². The Morgan fingerprint density at radius 1 is 0.468 bits per heavy atom. The van der Waals surface area contributed by atoms with E-state index in [4.69, 9.17) is 0 Å². The molecule has 0 saturated heterocycles. The zero-order valence-electron chi connectivity index (χ0n) is 37.5. The number of halogens is 2. The van der Waals surface area contributed by atoms with Gasteiger partial charge in [-0.3, -0.25) is 0 Å². The molecule has 8 aromatic carbocycles. The molecule has 0 N–H and O–H groups in total. The summed E-state index contributed by atoms with van der Waals surface area (Å²) < 4.78 is 0. The van der Waals surface area contributed by atoms with Crippen LogP contribution in [-0.4, -0.2) is 5.43 Å². The predicted octanol–water partition coefficient (Wildman–Crippen LogP) is 11.4. The summed E-state index contributed by atoms with van der Waals surface area (Å²) in [5, 5.41) is 10.9. The van der Waals surface area contributed by atoms with E-state index in [1.165, 1.54) is 166 Å². The maximum absolute atomic E-state index is 2.49. The van der Waals surface area contributed by atoms with Crippen LogP contribution >= 0.6 is 0 Å². The molecule has 0 atom stereocenters. The second kappa shape index (κ2) is 22.1. The topological polar surface area (TPSA) is 0 Å². The van der Waals surface area contributed by atoms with Crippen molar-refractivity contribution >= 4 is 48.5 Å². The van der Waals surface area contributed by atoms with Gasteiger partial charge in [-0.15, -0.1) is 69.1 Å². The molecule has 0 spiro atoms. The van der Waals surface area contributed by atoms with Crippen LogP contribution in [0, 0.1) is 10.8 Å². The fourth-order valence-corrected chi connectivity index (χ4v) is 11.4. The van der Waals surface area contributed by atoms with E-state index < -0.39 is 0 Å².